The third kappa shape index (κ3) is 5.91. The summed E-state index contributed by atoms with van der Waals surface area (Å²) in [7, 11) is 0. The number of hydrazone groups is 1. The molecule has 6 nitrogen and oxygen atoms in total. The zero-order valence-corrected chi connectivity index (χ0v) is 15.6. The predicted molar refractivity (Wildman–Crippen MR) is 105 cm³/mol. The summed E-state index contributed by atoms with van der Waals surface area (Å²) in [5.41, 5.74) is 5.22. The van der Waals surface area contributed by atoms with Crippen molar-refractivity contribution < 1.29 is 14.3 Å². The zero-order valence-electron chi connectivity index (χ0n) is 15.6. The summed E-state index contributed by atoms with van der Waals surface area (Å²) in [4.78, 5) is 14.6. The van der Waals surface area contributed by atoms with Crippen LogP contribution in [-0.2, 0) is 11.3 Å². The SMILES string of the molecule is CCOc1ccc(/C=N\NC(=O)c2ccc(CN3CCOCC3)cc2)cc1. The van der Waals surface area contributed by atoms with Crippen LogP contribution >= 0.6 is 0 Å². The first-order valence-corrected chi connectivity index (χ1v) is 9.20. The summed E-state index contributed by atoms with van der Waals surface area (Å²) in [6.07, 6.45) is 1.61. The van der Waals surface area contributed by atoms with Crippen molar-refractivity contribution in [2.45, 2.75) is 13.5 Å². The fourth-order valence-corrected chi connectivity index (χ4v) is 2.83. The Balaban J connectivity index is 1.49. The van der Waals surface area contributed by atoms with Crippen molar-refractivity contribution in [1.82, 2.24) is 10.3 Å². The van der Waals surface area contributed by atoms with Crippen LogP contribution in [0, 0.1) is 0 Å². The average Bonchev–Trinajstić information content (AvgIpc) is 2.71. The number of ether oxygens (including phenoxy) is 2. The molecule has 2 aromatic rings. The number of carbonyl (C=O) groups excluding carboxylic acids is 1. The molecule has 1 heterocycles. The molecular formula is C21H25N3O3. The van der Waals surface area contributed by atoms with E-state index >= 15 is 0 Å². The molecule has 142 valence electrons. The van der Waals surface area contributed by atoms with Crippen molar-refractivity contribution in [1.29, 1.82) is 0 Å². The molecule has 0 unspecified atom stereocenters. The molecule has 1 fully saturated rings. The van der Waals surface area contributed by atoms with Gasteiger partial charge in [-0.1, -0.05) is 12.1 Å². The lowest BCUT2D eigenvalue weighted by atomic mass is 10.1. The summed E-state index contributed by atoms with van der Waals surface area (Å²) < 4.78 is 10.8. The lowest BCUT2D eigenvalue weighted by Gasteiger charge is -2.26. The van der Waals surface area contributed by atoms with Crippen molar-refractivity contribution >= 4 is 12.1 Å². The maximum Gasteiger partial charge on any atom is 0.271 e. The molecule has 0 aliphatic carbocycles. The number of hydrogen-bond donors (Lipinski definition) is 1. The minimum absolute atomic E-state index is 0.227. The van der Waals surface area contributed by atoms with E-state index in [0.717, 1.165) is 44.2 Å². The van der Waals surface area contributed by atoms with Gasteiger partial charge in [0, 0.05) is 25.2 Å². The highest BCUT2D eigenvalue weighted by Gasteiger charge is 2.11. The summed E-state index contributed by atoms with van der Waals surface area (Å²) in [5.74, 6) is 0.589. The van der Waals surface area contributed by atoms with Gasteiger partial charge in [-0.2, -0.15) is 5.10 Å². The zero-order chi connectivity index (χ0) is 18.9. The first kappa shape index (κ1) is 19.1. The Morgan fingerprint density at radius 1 is 1.15 bits per heavy atom. The smallest absolute Gasteiger partial charge is 0.271 e. The molecule has 0 bridgehead atoms. The van der Waals surface area contributed by atoms with E-state index in [4.69, 9.17) is 9.47 Å². The molecule has 0 saturated carbocycles. The van der Waals surface area contributed by atoms with Gasteiger partial charge >= 0.3 is 0 Å². The molecule has 27 heavy (non-hydrogen) atoms. The first-order valence-electron chi connectivity index (χ1n) is 9.20. The Morgan fingerprint density at radius 3 is 2.52 bits per heavy atom. The van der Waals surface area contributed by atoms with Crippen LogP contribution in [0.2, 0.25) is 0 Å². The molecule has 0 atom stereocenters. The third-order valence-corrected chi connectivity index (χ3v) is 4.30. The predicted octanol–water partition coefficient (Wildman–Crippen LogP) is 2.68. The van der Waals surface area contributed by atoms with Gasteiger partial charge in [0.25, 0.3) is 5.91 Å². The number of amides is 1. The van der Waals surface area contributed by atoms with E-state index in [1.54, 1.807) is 6.21 Å². The Kier molecular flexibility index (Phi) is 6.96. The van der Waals surface area contributed by atoms with Gasteiger partial charge in [0.05, 0.1) is 26.0 Å². The van der Waals surface area contributed by atoms with Crippen LogP contribution < -0.4 is 10.2 Å². The second-order valence-electron chi connectivity index (χ2n) is 6.29. The second kappa shape index (κ2) is 9.85. The lowest BCUT2D eigenvalue weighted by Crippen LogP contribution is -2.35. The number of rotatable bonds is 7. The highest BCUT2D eigenvalue weighted by molar-refractivity contribution is 5.94. The number of hydrogen-bond acceptors (Lipinski definition) is 5. The van der Waals surface area contributed by atoms with E-state index in [2.05, 4.69) is 15.4 Å². The molecular weight excluding hydrogens is 342 g/mol. The van der Waals surface area contributed by atoms with Crippen molar-refractivity contribution in [3.8, 4) is 5.75 Å². The maximum absolute atomic E-state index is 12.2. The first-order chi connectivity index (χ1) is 13.2. The van der Waals surface area contributed by atoms with Crippen LogP contribution in [0.15, 0.2) is 53.6 Å². The van der Waals surface area contributed by atoms with E-state index in [1.165, 1.54) is 5.56 Å². The van der Waals surface area contributed by atoms with E-state index in [1.807, 2.05) is 55.5 Å². The van der Waals surface area contributed by atoms with Crippen LogP contribution in [0.3, 0.4) is 0 Å². The van der Waals surface area contributed by atoms with Crippen molar-refractivity contribution in [2.24, 2.45) is 5.10 Å². The average molecular weight is 367 g/mol. The van der Waals surface area contributed by atoms with E-state index in [9.17, 15) is 4.79 Å². The monoisotopic (exact) mass is 367 g/mol. The number of morpholine rings is 1. The summed E-state index contributed by atoms with van der Waals surface area (Å²) in [6, 6.07) is 15.2. The fraction of sp³-hybridized carbons (Fsp3) is 0.333. The fourth-order valence-electron chi connectivity index (χ4n) is 2.83. The lowest BCUT2D eigenvalue weighted by molar-refractivity contribution is 0.0342. The molecule has 0 aromatic heterocycles. The topological polar surface area (TPSA) is 63.2 Å². The molecule has 1 aliphatic heterocycles. The van der Waals surface area contributed by atoms with Crippen LogP contribution in [-0.4, -0.2) is 49.9 Å². The van der Waals surface area contributed by atoms with Gasteiger partial charge in [-0.3, -0.25) is 9.69 Å². The van der Waals surface area contributed by atoms with Crippen molar-refractivity contribution in [3.63, 3.8) is 0 Å². The van der Waals surface area contributed by atoms with Crippen LogP contribution in [0.4, 0.5) is 0 Å². The Bertz CT molecular complexity index is 751. The van der Waals surface area contributed by atoms with Gasteiger partial charge in [-0.15, -0.1) is 0 Å². The standard InChI is InChI=1S/C21H25N3O3/c1-2-27-20-9-5-17(6-10-20)15-22-23-21(25)19-7-3-18(4-8-19)16-24-11-13-26-14-12-24/h3-10,15H,2,11-14,16H2,1H3,(H,23,25)/b22-15-. The second-order valence-corrected chi connectivity index (χ2v) is 6.29. The normalized spacial score (nSPS) is 15.0. The van der Waals surface area contributed by atoms with Gasteiger partial charge in [-0.25, -0.2) is 5.43 Å². The Morgan fingerprint density at radius 2 is 1.85 bits per heavy atom. The number of nitrogens with one attached hydrogen (secondary N) is 1. The third-order valence-electron chi connectivity index (χ3n) is 4.30. The van der Waals surface area contributed by atoms with Crippen LogP contribution in [0.1, 0.15) is 28.4 Å². The van der Waals surface area contributed by atoms with Crippen LogP contribution in [0.5, 0.6) is 5.75 Å². The van der Waals surface area contributed by atoms with Crippen molar-refractivity contribution in [2.75, 3.05) is 32.9 Å². The van der Waals surface area contributed by atoms with E-state index in [-0.39, 0.29) is 5.91 Å². The minimum Gasteiger partial charge on any atom is -0.494 e. The van der Waals surface area contributed by atoms with Crippen molar-refractivity contribution in [3.05, 3.63) is 65.2 Å². The van der Waals surface area contributed by atoms with E-state index in [0.29, 0.717) is 12.2 Å². The van der Waals surface area contributed by atoms with Gasteiger partial charge in [0.1, 0.15) is 5.75 Å². The van der Waals surface area contributed by atoms with Gasteiger partial charge in [-0.05, 0) is 54.4 Å². The van der Waals surface area contributed by atoms with Gasteiger partial charge in [0.2, 0.25) is 0 Å². The molecule has 3 rings (SSSR count). The van der Waals surface area contributed by atoms with E-state index < -0.39 is 0 Å². The van der Waals surface area contributed by atoms with Gasteiger partial charge < -0.3 is 9.47 Å². The molecule has 1 saturated heterocycles. The van der Waals surface area contributed by atoms with Gasteiger partial charge in [0.15, 0.2) is 0 Å². The number of nitrogens with zero attached hydrogens (tertiary/aromatic N) is 2. The largest absolute Gasteiger partial charge is 0.494 e. The summed E-state index contributed by atoms with van der Waals surface area (Å²) in [6.45, 7) is 6.92. The maximum atomic E-state index is 12.2. The number of carbonyl (C=O) groups is 1. The molecule has 6 heteroatoms. The van der Waals surface area contributed by atoms with Crippen LogP contribution in [0.25, 0.3) is 0 Å². The Labute approximate surface area is 159 Å². The quantitative estimate of drug-likeness (QED) is 0.604. The summed E-state index contributed by atoms with van der Waals surface area (Å²) >= 11 is 0. The summed E-state index contributed by atoms with van der Waals surface area (Å²) in [5, 5.41) is 4.02. The highest BCUT2D eigenvalue weighted by Crippen LogP contribution is 2.11. The Hall–Kier alpha value is -2.70. The minimum atomic E-state index is -0.227. The number of benzene rings is 2. The molecule has 0 spiro atoms. The molecule has 1 N–H and O–H groups in total. The molecule has 0 radical (unpaired) electrons. The molecule has 2 aromatic carbocycles. The molecule has 1 amide bonds. The highest BCUT2D eigenvalue weighted by atomic mass is 16.5. The molecule has 1 aliphatic rings.